The summed E-state index contributed by atoms with van der Waals surface area (Å²) in [5, 5.41) is 0. The first-order chi connectivity index (χ1) is 8.20. The van der Waals surface area contributed by atoms with Crippen molar-refractivity contribution in [3.05, 3.63) is 0 Å². The Kier molecular flexibility index (Phi) is 4.40. The monoisotopic (exact) mass is 239 g/mol. The molecule has 0 aromatic carbocycles. The summed E-state index contributed by atoms with van der Waals surface area (Å²) in [5.41, 5.74) is 5.93. The van der Waals surface area contributed by atoms with Crippen LogP contribution in [0.4, 0.5) is 0 Å². The molecule has 0 bridgehead atoms. The minimum absolute atomic E-state index is 0.313. The molecule has 1 saturated carbocycles. The Labute approximate surface area is 104 Å². The summed E-state index contributed by atoms with van der Waals surface area (Å²) >= 11 is 0. The number of hydrogen-bond acceptors (Lipinski definition) is 3. The van der Waals surface area contributed by atoms with Gasteiger partial charge in [0.15, 0.2) is 0 Å². The topological polar surface area (TPSA) is 49.6 Å². The third kappa shape index (κ3) is 3.19. The zero-order chi connectivity index (χ0) is 12.3. The van der Waals surface area contributed by atoms with Crippen molar-refractivity contribution in [1.29, 1.82) is 0 Å². The number of nitrogens with two attached hydrogens (primary N) is 1. The number of likely N-dealkylation sites (tertiary alicyclic amines) is 1. The van der Waals surface area contributed by atoms with E-state index in [1.54, 1.807) is 0 Å². The van der Waals surface area contributed by atoms with Gasteiger partial charge in [0, 0.05) is 25.2 Å². The Hall–Kier alpha value is -0.610. The summed E-state index contributed by atoms with van der Waals surface area (Å²) in [5.74, 6) is 0.313. The molecular weight excluding hydrogens is 214 g/mol. The van der Waals surface area contributed by atoms with E-state index in [0.29, 0.717) is 24.5 Å². The summed E-state index contributed by atoms with van der Waals surface area (Å²) in [6.45, 7) is 5.66. The summed E-state index contributed by atoms with van der Waals surface area (Å²) in [6, 6.07) is 0.959. The van der Waals surface area contributed by atoms with Crippen LogP contribution >= 0.6 is 0 Å². The lowest BCUT2D eigenvalue weighted by Gasteiger charge is -2.38. The molecule has 98 valence electrons. The van der Waals surface area contributed by atoms with Gasteiger partial charge in [-0.15, -0.1) is 0 Å². The van der Waals surface area contributed by atoms with Gasteiger partial charge < -0.3 is 10.6 Å². The van der Waals surface area contributed by atoms with Gasteiger partial charge in [-0.2, -0.15) is 0 Å². The van der Waals surface area contributed by atoms with Gasteiger partial charge in [-0.25, -0.2) is 0 Å². The van der Waals surface area contributed by atoms with Crippen LogP contribution in [0.5, 0.6) is 0 Å². The maximum Gasteiger partial charge on any atom is 0.236 e. The Morgan fingerprint density at radius 1 is 1.29 bits per heavy atom. The maximum absolute atomic E-state index is 12.0. The second-order valence-electron chi connectivity index (χ2n) is 5.37. The molecule has 17 heavy (non-hydrogen) atoms. The zero-order valence-corrected chi connectivity index (χ0v) is 10.9. The van der Waals surface area contributed by atoms with Gasteiger partial charge in [-0.1, -0.05) is 6.92 Å². The van der Waals surface area contributed by atoms with E-state index in [2.05, 4.69) is 11.8 Å². The van der Waals surface area contributed by atoms with Crippen LogP contribution < -0.4 is 5.73 Å². The van der Waals surface area contributed by atoms with Crippen molar-refractivity contribution in [2.24, 2.45) is 5.73 Å². The SMILES string of the molecule is CCN(CC(=O)N1CCC1)C1CCC(N)CC1. The number of rotatable bonds is 4. The molecule has 1 aliphatic heterocycles. The molecular formula is C13H25N3O. The van der Waals surface area contributed by atoms with Crippen LogP contribution in [0.25, 0.3) is 0 Å². The van der Waals surface area contributed by atoms with Crippen LogP contribution in [-0.2, 0) is 4.79 Å². The molecule has 1 amide bonds. The molecule has 2 fully saturated rings. The van der Waals surface area contributed by atoms with Crippen LogP contribution in [-0.4, -0.2) is 54.0 Å². The van der Waals surface area contributed by atoms with E-state index in [1.165, 1.54) is 6.42 Å². The third-order valence-corrected chi connectivity index (χ3v) is 4.21. The highest BCUT2D eigenvalue weighted by Crippen LogP contribution is 2.22. The largest absolute Gasteiger partial charge is 0.341 e. The van der Waals surface area contributed by atoms with E-state index < -0.39 is 0 Å². The molecule has 4 heteroatoms. The second kappa shape index (κ2) is 5.83. The first-order valence-corrected chi connectivity index (χ1v) is 6.98. The standard InChI is InChI=1S/C13H25N3O/c1-2-15(10-13(17)16-8-3-9-16)12-6-4-11(14)5-7-12/h11-12H,2-10,14H2,1H3. The van der Waals surface area contributed by atoms with Crippen molar-refractivity contribution in [2.75, 3.05) is 26.2 Å². The molecule has 0 aromatic rings. The van der Waals surface area contributed by atoms with Gasteiger partial charge in [0.05, 0.1) is 6.54 Å². The number of carbonyl (C=O) groups excluding carboxylic acids is 1. The van der Waals surface area contributed by atoms with Crippen LogP contribution in [0, 0.1) is 0 Å². The highest BCUT2D eigenvalue weighted by atomic mass is 16.2. The van der Waals surface area contributed by atoms with E-state index in [9.17, 15) is 4.79 Å². The van der Waals surface area contributed by atoms with E-state index in [1.807, 2.05) is 4.90 Å². The lowest BCUT2D eigenvalue weighted by Crippen LogP contribution is -2.50. The average molecular weight is 239 g/mol. The van der Waals surface area contributed by atoms with Crippen molar-refractivity contribution >= 4 is 5.91 Å². The Morgan fingerprint density at radius 3 is 2.41 bits per heavy atom. The van der Waals surface area contributed by atoms with Gasteiger partial charge in [-0.3, -0.25) is 9.69 Å². The molecule has 2 N–H and O–H groups in total. The number of likely N-dealkylation sites (N-methyl/N-ethyl adjacent to an activating group) is 1. The normalized spacial score (nSPS) is 29.2. The van der Waals surface area contributed by atoms with Crippen LogP contribution in [0.1, 0.15) is 39.0 Å². The fourth-order valence-corrected chi connectivity index (χ4v) is 2.81. The Balaban J connectivity index is 1.81. The molecule has 0 radical (unpaired) electrons. The van der Waals surface area contributed by atoms with Gasteiger partial charge in [0.2, 0.25) is 5.91 Å². The van der Waals surface area contributed by atoms with Crippen molar-refractivity contribution in [3.63, 3.8) is 0 Å². The molecule has 2 aliphatic rings. The molecule has 0 spiro atoms. The van der Waals surface area contributed by atoms with Crippen molar-refractivity contribution in [2.45, 2.75) is 51.1 Å². The molecule has 4 nitrogen and oxygen atoms in total. The highest BCUT2D eigenvalue weighted by molar-refractivity contribution is 5.78. The minimum atomic E-state index is 0.313. The fraction of sp³-hybridized carbons (Fsp3) is 0.923. The predicted molar refractivity (Wildman–Crippen MR) is 68.7 cm³/mol. The Bertz CT molecular complexity index is 257. The summed E-state index contributed by atoms with van der Waals surface area (Å²) < 4.78 is 0. The van der Waals surface area contributed by atoms with Crippen LogP contribution in [0.2, 0.25) is 0 Å². The third-order valence-electron chi connectivity index (χ3n) is 4.21. The molecule has 1 saturated heterocycles. The van der Waals surface area contributed by atoms with Crippen molar-refractivity contribution in [1.82, 2.24) is 9.80 Å². The van der Waals surface area contributed by atoms with Crippen LogP contribution in [0.15, 0.2) is 0 Å². The van der Waals surface area contributed by atoms with Gasteiger partial charge >= 0.3 is 0 Å². The molecule has 1 heterocycles. The molecule has 2 rings (SSSR count). The van der Waals surface area contributed by atoms with Gasteiger partial charge in [0.25, 0.3) is 0 Å². The smallest absolute Gasteiger partial charge is 0.236 e. The first kappa shape index (κ1) is 12.8. The highest BCUT2D eigenvalue weighted by Gasteiger charge is 2.27. The Morgan fingerprint density at radius 2 is 1.94 bits per heavy atom. The molecule has 0 unspecified atom stereocenters. The van der Waals surface area contributed by atoms with Gasteiger partial charge in [0.1, 0.15) is 0 Å². The predicted octanol–water partition coefficient (Wildman–Crippen LogP) is 0.811. The number of amides is 1. The number of nitrogens with zero attached hydrogens (tertiary/aromatic N) is 2. The number of hydrogen-bond donors (Lipinski definition) is 1. The summed E-state index contributed by atoms with van der Waals surface area (Å²) in [6.07, 6.45) is 5.71. The zero-order valence-electron chi connectivity index (χ0n) is 10.9. The van der Waals surface area contributed by atoms with E-state index in [4.69, 9.17) is 5.73 Å². The molecule has 1 aliphatic carbocycles. The summed E-state index contributed by atoms with van der Waals surface area (Å²) in [4.78, 5) is 16.3. The van der Waals surface area contributed by atoms with E-state index in [-0.39, 0.29) is 0 Å². The minimum Gasteiger partial charge on any atom is -0.341 e. The van der Waals surface area contributed by atoms with Gasteiger partial charge in [-0.05, 0) is 38.6 Å². The molecule has 0 atom stereocenters. The van der Waals surface area contributed by atoms with Crippen molar-refractivity contribution < 1.29 is 4.79 Å². The maximum atomic E-state index is 12.0. The summed E-state index contributed by atoms with van der Waals surface area (Å²) in [7, 11) is 0. The quantitative estimate of drug-likeness (QED) is 0.790. The van der Waals surface area contributed by atoms with E-state index >= 15 is 0 Å². The lowest BCUT2D eigenvalue weighted by atomic mass is 9.90. The second-order valence-corrected chi connectivity index (χ2v) is 5.37. The van der Waals surface area contributed by atoms with E-state index in [0.717, 1.165) is 45.3 Å². The number of carbonyl (C=O) groups is 1. The van der Waals surface area contributed by atoms with Crippen LogP contribution in [0.3, 0.4) is 0 Å². The first-order valence-electron chi connectivity index (χ1n) is 6.98. The molecule has 0 aromatic heterocycles. The lowest BCUT2D eigenvalue weighted by molar-refractivity contribution is -0.136. The van der Waals surface area contributed by atoms with Crippen molar-refractivity contribution in [3.8, 4) is 0 Å². The average Bonchev–Trinajstić information content (AvgIpc) is 2.25. The fourth-order valence-electron chi connectivity index (χ4n) is 2.81.